The van der Waals surface area contributed by atoms with Gasteiger partial charge in [0.15, 0.2) is 17.4 Å². The number of aromatic hydroxyl groups is 1. The van der Waals surface area contributed by atoms with Crippen molar-refractivity contribution in [3.63, 3.8) is 0 Å². The number of rotatable bonds is 2. The van der Waals surface area contributed by atoms with Crippen molar-refractivity contribution in [3.8, 4) is 5.88 Å². The summed E-state index contributed by atoms with van der Waals surface area (Å²) in [5.41, 5.74) is -0.203. The molecule has 1 aromatic heterocycles. The fourth-order valence-electron chi connectivity index (χ4n) is 3.48. The Kier molecular flexibility index (Phi) is 4.76. The van der Waals surface area contributed by atoms with E-state index in [1.54, 1.807) is 12.1 Å². The second-order valence-electron chi connectivity index (χ2n) is 6.84. The van der Waals surface area contributed by atoms with E-state index in [2.05, 4.69) is 15.1 Å². The van der Waals surface area contributed by atoms with Crippen LogP contribution in [0.5, 0.6) is 5.88 Å². The van der Waals surface area contributed by atoms with Crippen LogP contribution in [0, 0.1) is 13.5 Å². The second kappa shape index (κ2) is 7.31. The van der Waals surface area contributed by atoms with Crippen molar-refractivity contribution in [2.24, 2.45) is 17.3 Å². The normalized spacial score (nSPS) is 12.6. The highest BCUT2D eigenvalue weighted by Gasteiger charge is 2.33. The van der Waals surface area contributed by atoms with Gasteiger partial charge in [0.1, 0.15) is 5.69 Å². The molecule has 3 aromatic rings. The maximum absolute atomic E-state index is 13.2. The average Bonchev–Trinajstić information content (AvgIpc) is 2.76. The fourth-order valence-corrected chi connectivity index (χ4v) is 3.74. The van der Waals surface area contributed by atoms with Gasteiger partial charge in [0.2, 0.25) is 5.69 Å². The smallest absolute Gasteiger partial charge is 0.278 e. The molecule has 4 rings (SSSR count). The van der Waals surface area contributed by atoms with Crippen molar-refractivity contribution in [2.75, 3.05) is 0 Å². The van der Waals surface area contributed by atoms with E-state index in [0.717, 1.165) is 4.57 Å². The van der Waals surface area contributed by atoms with Crippen LogP contribution in [0.15, 0.2) is 51.4 Å². The standard InChI is InChI=1S/C22H13ClN4O4/c1-10-17(24-2)21(30)27(3)22(31)18(10)26-25-14-9-5-7-12-16(14)20(29)15-11(19(12)28)6-4-8-13(15)23/h4-9,30H,1,3H3. The Hall–Kier alpha value is -4.09. The molecule has 0 radical (unpaired) electrons. The number of hydrogen-bond donors (Lipinski definition) is 1. The van der Waals surface area contributed by atoms with Crippen LogP contribution < -0.4 is 5.56 Å². The number of carbonyl (C=O) groups excluding carboxylic acids is 2. The van der Waals surface area contributed by atoms with Crippen LogP contribution in [0.2, 0.25) is 5.02 Å². The van der Waals surface area contributed by atoms with Crippen LogP contribution in [0.25, 0.3) is 4.85 Å². The molecule has 8 nitrogen and oxygen atoms in total. The number of halogens is 1. The first kappa shape index (κ1) is 20.2. The number of ketones is 2. The summed E-state index contributed by atoms with van der Waals surface area (Å²) in [7, 11) is 1.30. The van der Waals surface area contributed by atoms with Crippen LogP contribution in [0.3, 0.4) is 0 Å². The molecule has 1 aliphatic carbocycles. The molecule has 0 atom stereocenters. The quantitative estimate of drug-likeness (QED) is 0.363. The molecular weight excluding hydrogens is 420 g/mol. The number of azo groups is 1. The van der Waals surface area contributed by atoms with E-state index in [4.69, 9.17) is 18.2 Å². The second-order valence-corrected chi connectivity index (χ2v) is 7.25. The summed E-state index contributed by atoms with van der Waals surface area (Å²) in [5.74, 6) is -1.31. The number of hydrogen-bond acceptors (Lipinski definition) is 6. The third kappa shape index (κ3) is 2.95. The van der Waals surface area contributed by atoms with Gasteiger partial charge in [-0.2, -0.15) is 0 Å². The zero-order chi connectivity index (χ0) is 22.4. The Balaban J connectivity index is 1.91. The van der Waals surface area contributed by atoms with Crippen molar-refractivity contribution < 1.29 is 14.7 Å². The summed E-state index contributed by atoms with van der Waals surface area (Å²) in [6, 6.07) is 9.22. The highest BCUT2D eigenvalue weighted by Crippen LogP contribution is 2.38. The van der Waals surface area contributed by atoms with Crippen molar-refractivity contribution in [1.29, 1.82) is 0 Å². The van der Waals surface area contributed by atoms with E-state index < -0.39 is 17.2 Å². The SMILES string of the molecule is [C-]#[N+]c1c(C)c(N=Nc2cccc3c2C(=O)c2c(Cl)cccc2C3=O)c(=O)n(C)c1O. The largest absolute Gasteiger partial charge is 0.503 e. The van der Waals surface area contributed by atoms with Crippen molar-refractivity contribution in [2.45, 2.75) is 6.92 Å². The lowest BCUT2D eigenvalue weighted by atomic mass is 9.83. The Morgan fingerprint density at radius 3 is 2.32 bits per heavy atom. The van der Waals surface area contributed by atoms with Gasteiger partial charge in [-0.05, 0) is 24.6 Å². The number of carbonyl (C=O) groups is 2. The van der Waals surface area contributed by atoms with Gasteiger partial charge in [0.05, 0.1) is 28.4 Å². The highest BCUT2D eigenvalue weighted by atomic mass is 35.5. The van der Waals surface area contributed by atoms with Gasteiger partial charge in [-0.25, -0.2) is 4.85 Å². The molecule has 0 fully saturated rings. The van der Waals surface area contributed by atoms with Crippen LogP contribution >= 0.6 is 11.6 Å². The highest BCUT2D eigenvalue weighted by molar-refractivity contribution is 6.39. The summed E-state index contributed by atoms with van der Waals surface area (Å²) in [6.07, 6.45) is 0. The Bertz CT molecular complexity index is 1450. The minimum atomic E-state index is -0.660. The molecule has 0 bridgehead atoms. The van der Waals surface area contributed by atoms with E-state index >= 15 is 0 Å². The van der Waals surface area contributed by atoms with E-state index in [1.165, 1.54) is 38.2 Å². The molecule has 0 unspecified atom stereocenters. The molecular formula is C22H13ClN4O4. The van der Waals surface area contributed by atoms with Crippen LogP contribution in [0.4, 0.5) is 17.1 Å². The molecule has 31 heavy (non-hydrogen) atoms. The van der Waals surface area contributed by atoms with E-state index in [-0.39, 0.29) is 55.7 Å². The molecule has 0 spiro atoms. The first-order valence-corrected chi connectivity index (χ1v) is 9.38. The minimum Gasteiger partial charge on any atom is -0.503 e. The molecule has 0 amide bonds. The number of aromatic nitrogens is 1. The molecule has 2 aromatic carbocycles. The van der Waals surface area contributed by atoms with Gasteiger partial charge in [0, 0.05) is 18.2 Å². The molecule has 1 aliphatic rings. The van der Waals surface area contributed by atoms with Gasteiger partial charge in [0.25, 0.3) is 5.56 Å². The number of nitrogens with zero attached hydrogens (tertiary/aromatic N) is 4. The Morgan fingerprint density at radius 1 is 1.00 bits per heavy atom. The summed E-state index contributed by atoms with van der Waals surface area (Å²) in [6.45, 7) is 8.70. The van der Waals surface area contributed by atoms with Gasteiger partial charge >= 0.3 is 0 Å². The molecule has 0 saturated heterocycles. The predicted octanol–water partition coefficient (Wildman–Crippen LogP) is 4.79. The average molecular weight is 433 g/mol. The number of fused-ring (bicyclic) bond motifs is 2. The summed E-state index contributed by atoms with van der Waals surface area (Å²) >= 11 is 6.18. The lowest BCUT2D eigenvalue weighted by Gasteiger charge is -2.19. The van der Waals surface area contributed by atoms with E-state index in [9.17, 15) is 19.5 Å². The fraction of sp³-hybridized carbons (Fsp3) is 0.0909. The molecule has 9 heteroatoms. The Labute approximate surface area is 180 Å². The van der Waals surface area contributed by atoms with E-state index in [1.807, 2.05) is 0 Å². The van der Waals surface area contributed by atoms with Crippen LogP contribution in [0.1, 0.15) is 37.4 Å². The third-order valence-corrected chi connectivity index (χ3v) is 5.43. The van der Waals surface area contributed by atoms with Crippen LogP contribution in [-0.2, 0) is 7.05 Å². The van der Waals surface area contributed by atoms with Gasteiger partial charge < -0.3 is 5.11 Å². The predicted molar refractivity (Wildman–Crippen MR) is 113 cm³/mol. The number of benzene rings is 2. The summed E-state index contributed by atoms with van der Waals surface area (Å²) in [5, 5.41) is 18.2. The lowest BCUT2D eigenvalue weighted by molar-refractivity contribution is 0.0979. The lowest BCUT2D eigenvalue weighted by Crippen LogP contribution is -2.21. The van der Waals surface area contributed by atoms with Crippen LogP contribution in [-0.4, -0.2) is 21.2 Å². The number of pyridine rings is 1. The topological polar surface area (TPSA) is 105 Å². The van der Waals surface area contributed by atoms with Gasteiger partial charge in [-0.15, -0.1) is 10.2 Å². The maximum atomic E-state index is 13.2. The maximum Gasteiger partial charge on any atom is 0.278 e. The molecule has 1 heterocycles. The first-order valence-electron chi connectivity index (χ1n) is 9.00. The summed E-state index contributed by atoms with van der Waals surface area (Å²) in [4.78, 5) is 41.8. The third-order valence-electron chi connectivity index (χ3n) is 5.12. The zero-order valence-electron chi connectivity index (χ0n) is 16.3. The van der Waals surface area contributed by atoms with Gasteiger partial charge in [-0.1, -0.05) is 35.9 Å². The minimum absolute atomic E-state index is 0.0375. The molecule has 152 valence electrons. The molecule has 0 aliphatic heterocycles. The van der Waals surface area contributed by atoms with E-state index in [0.29, 0.717) is 0 Å². The van der Waals surface area contributed by atoms with Crippen molar-refractivity contribution >= 4 is 40.2 Å². The molecule has 1 N–H and O–H groups in total. The van der Waals surface area contributed by atoms with Gasteiger partial charge in [-0.3, -0.25) is 19.0 Å². The zero-order valence-corrected chi connectivity index (χ0v) is 17.1. The molecule has 0 saturated carbocycles. The van der Waals surface area contributed by atoms with Crippen molar-refractivity contribution in [1.82, 2.24) is 4.57 Å². The summed E-state index contributed by atoms with van der Waals surface area (Å²) < 4.78 is 0.889. The monoisotopic (exact) mass is 432 g/mol. The first-order chi connectivity index (χ1) is 14.8. The van der Waals surface area contributed by atoms with Crippen molar-refractivity contribution in [3.05, 3.63) is 91.0 Å². The Morgan fingerprint density at radius 2 is 1.65 bits per heavy atom.